The van der Waals surface area contributed by atoms with Crippen LogP contribution in [0.4, 0.5) is 0 Å². The molecular formula is C16H25NO3S. The Morgan fingerprint density at radius 2 is 1.71 bits per heavy atom. The van der Waals surface area contributed by atoms with Crippen molar-refractivity contribution >= 4 is 11.8 Å². The fraction of sp³-hybridized carbons (Fsp3) is 0.625. The summed E-state index contributed by atoms with van der Waals surface area (Å²) in [6.07, 6.45) is 6.19. The standard InChI is InChI=1S/C16H25NO3S/c1-18-13-8-12(9-14(19-2)15(13)20-3)10-17-11-16(21-4)6-5-7-16/h8-9,17H,5-7,10-11H2,1-4H3. The van der Waals surface area contributed by atoms with Crippen molar-refractivity contribution in [3.05, 3.63) is 17.7 Å². The van der Waals surface area contributed by atoms with Crippen LogP contribution in [0.15, 0.2) is 12.1 Å². The Kier molecular flexibility index (Phi) is 5.65. The van der Waals surface area contributed by atoms with Crippen LogP contribution in [0, 0.1) is 0 Å². The van der Waals surface area contributed by atoms with E-state index in [1.54, 1.807) is 21.3 Å². The summed E-state index contributed by atoms with van der Waals surface area (Å²) in [4.78, 5) is 0. The van der Waals surface area contributed by atoms with E-state index in [4.69, 9.17) is 14.2 Å². The zero-order valence-electron chi connectivity index (χ0n) is 13.3. The second-order valence-corrected chi connectivity index (χ2v) is 6.65. The molecule has 1 aliphatic carbocycles. The van der Waals surface area contributed by atoms with Crippen molar-refractivity contribution in [3.63, 3.8) is 0 Å². The topological polar surface area (TPSA) is 39.7 Å². The highest BCUT2D eigenvalue weighted by molar-refractivity contribution is 8.00. The predicted molar refractivity (Wildman–Crippen MR) is 87.9 cm³/mol. The molecule has 0 atom stereocenters. The molecule has 0 aliphatic heterocycles. The summed E-state index contributed by atoms with van der Waals surface area (Å²) in [6.45, 7) is 1.85. The van der Waals surface area contributed by atoms with E-state index in [9.17, 15) is 0 Å². The second-order valence-electron chi connectivity index (χ2n) is 5.38. The van der Waals surface area contributed by atoms with Crippen LogP contribution in [0.3, 0.4) is 0 Å². The first kappa shape index (κ1) is 16.3. The number of hydrogen-bond acceptors (Lipinski definition) is 5. The van der Waals surface area contributed by atoms with Crippen molar-refractivity contribution in [2.75, 3.05) is 34.1 Å². The lowest BCUT2D eigenvalue weighted by molar-refractivity contribution is 0.323. The summed E-state index contributed by atoms with van der Waals surface area (Å²) in [6, 6.07) is 4.00. The van der Waals surface area contributed by atoms with Crippen LogP contribution in [0.2, 0.25) is 0 Å². The van der Waals surface area contributed by atoms with E-state index in [0.29, 0.717) is 22.0 Å². The maximum absolute atomic E-state index is 5.38. The summed E-state index contributed by atoms with van der Waals surface area (Å²) >= 11 is 1.98. The molecule has 1 N–H and O–H groups in total. The van der Waals surface area contributed by atoms with Gasteiger partial charge in [-0.15, -0.1) is 0 Å². The van der Waals surface area contributed by atoms with E-state index in [2.05, 4.69) is 11.6 Å². The van der Waals surface area contributed by atoms with Crippen molar-refractivity contribution < 1.29 is 14.2 Å². The lowest BCUT2D eigenvalue weighted by Crippen LogP contribution is -2.43. The van der Waals surface area contributed by atoms with Gasteiger partial charge in [0.25, 0.3) is 0 Å². The van der Waals surface area contributed by atoms with Crippen molar-refractivity contribution in [3.8, 4) is 17.2 Å². The molecule has 0 amide bonds. The molecule has 21 heavy (non-hydrogen) atoms. The second kappa shape index (κ2) is 7.27. The van der Waals surface area contributed by atoms with Crippen molar-refractivity contribution in [1.82, 2.24) is 5.32 Å². The number of benzene rings is 1. The SMILES string of the molecule is COc1cc(CNCC2(SC)CCC2)cc(OC)c1OC. The molecule has 0 radical (unpaired) electrons. The van der Waals surface area contributed by atoms with Gasteiger partial charge in [-0.1, -0.05) is 6.42 Å². The lowest BCUT2D eigenvalue weighted by Gasteiger charge is -2.40. The normalized spacial score (nSPS) is 16.2. The molecule has 5 heteroatoms. The van der Waals surface area contributed by atoms with Gasteiger partial charge >= 0.3 is 0 Å². The third-order valence-electron chi connectivity index (χ3n) is 4.20. The van der Waals surface area contributed by atoms with Gasteiger partial charge in [0.05, 0.1) is 21.3 Å². The van der Waals surface area contributed by atoms with Gasteiger partial charge in [-0.3, -0.25) is 0 Å². The molecule has 0 spiro atoms. The van der Waals surface area contributed by atoms with Gasteiger partial charge in [-0.05, 0) is 36.8 Å². The molecule has 1 aliphatic rings. The van der Waals surface area contributed by atoms with Crippen LogP contribution in [0.25, 0.3) is 0 Å². The molecular weight excluding hydrogens is 286 g/mol. The first-order valence-electron chi connectivity index (χ1n) is 7.23. The third-order valence-corrected chi connectivity index (χ3v) is 5.62. The molecule has 2 rings (SSSR count). The Morgan fingerprint density at radius 3 is 2.10 bits per heavy atom. The molecule has 0 saturated heterocycles. The van der Waals surface area contributed by atoms with Gasteiger partial charge in [-0.25, -0.2) is 0 Å². The Morgan fingerprint density at radius 1 is 1.10 bits per heavy atom. The van der Waals surface area contributed by atoms with Gasteiger partial charge < -0.3 is 19.5 Å². The van der Waals surface area contributed by atoms with Crippen LogP contribution < -0.4 is 19.5 Å². The number of thioether (sulfide) groups is 1. The summed E-state index contributed by atoms with van der Waals surface area (Å²) in [5.74, 6) is 2.05. The molecule has 1 aromatic rings. The van der Waals surface area contributed by atoms with E-state index in [-0.39, 0.29) is 0 Å². The van der Waals surface area contributed by atoms with Gasteiger partial charge in [0.15, 0.2) is 11.5 Å². The summed E-state index contributed by atoms with van der Waals surface area (Å²) in [5, 5.41) is 3.56. The van der Waals surface area contributed by atoms with Crippen LogP contribution in [0.1, 0.15) is 24.8 Å². The maximum Gasteiger partial charge on any atom is 0.203 e. The van der Waals surface area contributed by atoms with E-state index >= 15 is 0 Å². The molecule has 0 heterocycles. The number of rotatable bonds is 8. The first-order chi connectivity index (χ1) is 10.2. The van der Waals surface area contributed by atoms with E-state index in [0.717, 1.165) is 18.7 Å². The molecule has 1 aromatic carbocycles. The highest BCUT2D eigenvalue weighted by Crippen LogP contribution is 2.42. The van der Waals surface area contributed by atoms with Gasteiger partial charge in [0.2, 0.25) is 5.75 Å². The average Bonchev–Trinajstić information content (AvgIpc) is 2.48. The molecule has 1 saturated carbocycles. The molecule has 0 bridgehead atoms. The molecule has 0 aromatic heterocycles. The van der Waals surface area contributed by atoms with Crippen LogP contribution >= 0.6 is 11.8 Å². The third kappa shape index (κ3) is 3.58. The monoisotopic (exact) mass is 311 g/mol. The summed E-state index contributed by atoms with van der Waals surface area (Å²) in [7, 11) is 4.91. The molecule has 0 unspecified atom stereocenters. The smallest absolute Gasteiger partial charge is 0.203 e. The number of hydrogen-bond donors (Lipinski definition) is 1. The minimum absolute atomic E-state index is 0.445. The lowest BCUT2D eigenvalue weighted by atomic mass is 9.84. The van der Waals surface area contributed by atoms with E-state index in [1.807, 2.05) is 23.9 Å². The highest BCUT2D eigenvalue weighted by Gasteiger charge is 2.35. The van der Waals surface area contributed by atoms with Crippen molar-refractivity contribution in [2.24, 2.45) is 0 Å². The Labute approximate surface area is 131 Å². The van der Waals surface area contributed by atoms with E-state index in [1.165, 1.54) is 19.3 Å². The van der Waals surface area contributed by atoms with Crippen LogP contribution in [0.5, 0.6) is 17.2 Å². The quantitative estimate of drug-likeness (QED) is 0.799. The largest absolute Gasteiger partial charge is 0.493 e. The fourth-order valence-corrected chi connectivity index (χ4v) is 3.64. The average molecular weight is 311 g/mol. The van der Waals surface area contributed by atoms with Crippen molar-refractivity contribution in [1.29, 1.82) is 0 Å². The highest BCUT2D eigenvalue weighted by atomic mass is 32.2. The van der Waals surface area contributed by atoms with Gasteiger partial charge in [0, 0.05) is 17.8 Å². The summed E-state index contributed by atoms with van der Waals surface area (Å²) in [5.41, 5.74) is 1.14. The van der Waals surface area contributed by atoms with Crippen LogP contribution in [-0.2, 0) is 6.54 Å². The Hall–Kier alpha value is -1.07. The fourth-order valence-electron chi connectivity index (χ4n) is 2.70. The predicted octanol–water partition coefficient (Wildman–Crippen LogP) is 3.09. The zero-order valence-corrected chi connectivity index (χ0v) is 14.1. The zero-order chi connectivity index (χ0) is 15.3. The number of ether oxygens (including phenoxy) is 3. The van der Waals surface area contributed by atoms with Gasteiger partial charge in [-0.2, -0.15) is 11.8 Å². The summed E-state index contributed by atoms with van der Waals surface area (Å²) < 4.78 is 16.6. The first-order valence-corrected chi connectivity index (χ1v) is 8.45. The maximum atomic E-state index is 5.38. The molecule has 4 nitrogen and oxygen atoms in total. The van der Waals surface area contributed by atoms with Crippen LogP contribution in [-0.4, -0.2) is 38.9 Å². The number of nitrogens with one attached hydrogen (secondary N) is 1. The van der Waals surface area contributed by atoms with E-state index < -0.39 is 0 Å². The van der Waals surface area contributed by atoms with Crippen molar-refractivity contribution in [2.45, 2.75) is 30.6 Å². The minimum atomic E-state index is 0.445. The molecule has 1 fully saturated rings. The minimum Gasteiger partial charge on any atom is -0.493 e. The Balaban J connectivity index is 2.02. The van der Waals surface area contributed by atoms with Gasteiger partial charge in [0.1, 0.15) is 0 Å². The Bertz CT molecular complexity index is 444. The molecule has 118 valence electrons. The number of methoxy groups -OCH3 is 3.